The largest absolute Gasteiger partial charge is 0.338 e. The van der Waals surface area contributed by atoms with Crippen molar-refractivity contribution in [3.8, 4) is 0 Å². The summed E-state index contributed by atoms with van der Waals surface area (Å²) in [5, 5.41) is 2.56. The summed E-state index contributed by atoms with van der Waals surface area (Å²) in [5.74, 6) is -0.317. The van der Waals surface area contributed by atoms with Gasteiger partial charge < -0.3 is 12.9 Å². The summed E-state index contributed by atoms with van der Waals surface area (Å²) in [4.78, 5) is 25.7. The van der Waals surface area contributed by atoms with Crippen LogP contribution in [0.5, 0.6) is 0 Å². The molecule has 7 nitrogen and oxygen atoms in total. The summed E-state index contributed by atoms with van der Waals surface area (Å²) in [5.41, 5.74) is 2.23. The number of piperidine rings is 1. The molecule has 1 amide bonds. The van der Waals surface area contributed by atoms with E-state index in [4.69, 9.17) is 3.07 Å². The van der Waals surface area contributed by atoms with E-state index in [2.05, 4.69) is 10.7 Å². The average Bonchev–Trinajstić information content (AvgIpc) is 2.36. The smallest absolute Gasteiger partial charge is 0.248 e. The number of alkyl halides is 1. The second-order valence-corrected chi connectivity index (χ2v) is 5.26. The van der Waals surface area contributed by atoms with Crippen LogP contribution in [-0.2, 0) is 7.86 Å². The standard InChI is InChI=1S/C10H18FIN4O3/c1-15(2)6-8(13-14-18)10(17)16-4-3-9(19-12)7(11)5-16/h7-9H,3-6H2,1-2H3,(H,13,18)/t7-,8?,9+/m1/s1. The SMILES string of the molecule is CN(C)CC(NN=O)C(=O)N1CC[C@H](OI)[C@H](F)C1. The molecule has 1 aliphatic rings. The fourth-order valence-electron chi connectivity index (χ4n) is 2.01. The third-order valence-electron chi connectivity index (χ3n) is 2.96. The number of nitroso groups, excluding NO2 is 1. The maximum Gasteiger partial charge on any atom is 0.248 e. The van der Waals surface area contributed by atoms with Gasteiger partial charge in [-0.05, 0) is 20.5 Å². The van der Waals surface area contributed by atoms with E-state index in [-0.39, 0.29) is 12.5 Å². The zero-order valence-electron chi connectivity index (χ0n) is 10.9. The Morgan fingerprint density at radius 2 is 2.37 bits per heavy atom. The summed E-state index contributed by atoms with van der Waals surface area (Å²) in [6, 6.07) is -0.753. The molecule has 0 bridgehead atoms. The average molecular weight is 388 g/mol. The van der Waals surface area contributed by atoms with Gasteiger partial charge in [-0.1, -0.05) is 0 Å². The highest BCUT2D eigenvalue weighted by Crippen LogP contribution is 2.20. The van der Waals surface area contributed by atoms with Gasteiger partial charge in [0.2, 0.25) is 5.91 Å². The first-order valence-corrected chi connectivity index (χ1v) is 6.80. The van der Waals surface area contributed by atoms with Gasteiger partial charge in [-0.3, -0.25) is 10.2 Å². The van der Waals surface area contributed by atoms with E-state index in [1.165, 1.54) is 4.90 Å². The Bertz CT molecular complexity index is 321. The molecule has 1 aliphatic heterocycles. The fourth-order valence-corrected chi connectivity index (χ4v) is 2.58. The van der Waals surface area contributed by atoms with Crippen molar-refractivity contribution in [2.75, 3.05) is 33.7 Å². The zero-order valence-corrected chi connectivity index (χ0v) is 13.0. The van der Waals surface area contributed by atoms with Crippen LogP contribution in [0.4, 0.5) is 4.39 Å². The van der Waals surface area contributed by atoms with Gasteiger partial charge >= 0.3 is 0 Å². The van der Waals surface area contributed by atoms with Gasteiger partial charge in [0.25, 0.3) is 0 Å². The number of nitrogens with zero attached hydrogens (tertiary/aromatic N) is 3. The minimum absolute atomic E-state index is 0.0169. The van der Waals surface area contributed by atoms with Crippen molar-refractivity contribution in [3.05, 3.63) is 4.91 Å². The zero-order chi connectivity index (χ0) is 14.4. The van der Waals surface area contributed by atoms with Crippen molar-refractivity contribution < 1.29 is 12.3 Å². The number of likely N-dealkylation sites (tertiary alicyclic amines) is 1. The van der Waals surface area contributed by atoms with Crippen LogP contribution >= 0.6 is 23.0 Å². The van der Waals surface area contributed by atoms with Gasteiger partial charge in [0, 0.05) is 13.1 Å². The minimum atomic E-state index is -1.21. The third-order valence-corrected chi connectivity index (χ3v) is 3.62. The molecule has 1 unspecified atom stereocenters. The lowest BCUT2D eigenvalue weighted by molar-refractivity contribution is -0.137. The van der Waals surface area contributed by atoms with Gasteiger partial charge in [0.05, 0.1) is 11.8 Å². The highest BCUT2D eigenvalue weighted by atomic mass is 127. The molecule has 0 aliphatic carbocycles. The Hall–Kier alpha value is -0.550. The number of carbonyl (C=O) groups excluding carboxylic acids is 1. The van der Waals surface area contributed by atoms with Gasteiger partial charge in [-0.15, -0.1) is 4.91 Å². The summed E-state index contributed by atoms with van der Waals surface area (Å²) >= 11 is 1.67. The molecule has 1 saturated heterocycles. The van der Waals surface area contributed by atoms with Gasteiger partial charge in [-0.25, -0.2) is 4.39 Å². The first-order chi connectivity index (χ1) is 8.99. The van der Waals surface area contributed by atoms with E-state index < -0.39 is 18.3 Å². The lowest BCUT2D eigenvalue weighted by Crippen LogP contribution is -2.55. The number of rotatable bonds is 6. The second kappa shape index (κ2) is 7.90. The predicted octanol–water partition coefficient (Wildman–Crippen LogP) is 0.493. The number of hydrogen-bond acceptors (Lipinski definition) is 5. The molecule has 0 radical (unpaired) electrons. The Morgan fingerprint density at radius 3 is 2.84 bits per heavy atom. The van der Waals surface area contributed by atoms with E-state index in [1.54, 1.807) is 42.0 Å². The fraction of sp³-hybridized carbons (Fsp3) is 0.900. The quantitative estimate of drug-likeness (QED) is 0.408. The molecular weight excluding hydrogens is 370 g/mol. The Morgan fingerprint density at radius 1 is 1.68 bits per heavy atom. The van der Waals surface area contributed by atoms with Crippen LogP contribution < -0.4 is 5.43 Å². The molecule has 1 rings (SSSR count). The Balaban J connectivity index is 2.62. The van der Waals surface area contributed by atoms with E-state index in [1.807, 2.05) is 0 Å². The van der Waals surface area contributed by atoms with E-state index in [0.717, 1.165) is 0 Å². The number of halogens is 2. The number of nitrogens with one attached hydrogen (secondary N) is 1. The van der Waals surface area contributed by atoms with E-state index in [9.17, 15) is 14.1 Å². The van der Waals surface area contributed by atoms with Crippen molar-refractivity contribution in [1.29, 1.82) is 0 Å². The summed E-state index contributed by atoms with van der Waals surface area (Å²) in [6.45, 7) is 0.721. The van der Waals surface area contributed by atoms with E-state index >= 15 is 0 Å². The van der Waals surface area contributed by atoms with Crippen LogP contribution in [-0.4, -0.2) is 67.8 Å². The molecule has 1 heterocycles. The Labute approximate surface area is 125 Å². The number of amides is 1. The lowest BCUT2D eigenvalue weighted by atomic mass is 10.1. The summed E-state index contributed by atoms with van der Waals surface area (Å²) < 4.78 is 18.7. The number of hydrogen-bond donors (Lipinski definition) is 1. The Kier molecular flexibility index (Phi) is 6.86. The predicted molar refractivity (Wildman–Crippen MR) is 76.3 cm³/mol. The van der Waals surface area contributed by atoms with Crippen LogP contribution in [0.3, 0.4) is 0 Å². The number of likely N-dealkylation sites (N-methyl/N-ethyl adjacent to an activating group) is 1. The molecule has 3 atom stereocenters. The first-order valence-electron chi connectivity index (χ1n) is 5.92. The topological polar surface area (TPSA) is 74.2 Å². The maximum atomic E-state index is 13.7. The van der Waals surface area contributed by atoms with Crippen LogP contribution in [0.25, 0.3) is 0 Å². The molecule has 0 spiro atoms. The van der Waals surface area contributed by atoms with Gasteiger partial charge in [0.15, 0.2) is 0 Å². The third kappa shape index (κ3) is 4.80. The molecule has 1 N–H and O–H groups in total. The monoisotopic (exact) mass is 388 g/mol. The molecule has 9 heteroatoms. The maximum absolute atomic E-state index is 13.7. The molecule has 0 saturated carbocycles. The molecule has 0 aromatic carbocycles. The molecule has 0 aromatic rings. The van der Waals surface area contributed by atoms with Crippen LogP contribution in [0.15, 0.2) is 5.29 Å². The second-order valence-electron chi connectivity index (χ2n) is 4.75. The normalized spacial score (nSPS) is 25.2. The van der Waals surface area contributed by atoms with Crippen molar-refractivity contribution in [2.45, 2.75) is 24.7 Å². The highest BCUT2D eigenvalue weighted by molar-refractivity contribution is 14.1. The number of carbonyl (C=O) groups is 1. The summed E-state index contributed by atoms with van der Waals surface area (Å²) in [6.07, 6.45) is -1.24. The van der Waals surface area contributed by atoms with Crippen LogP contribution in [0.2, 0.25) is 0 Å². The van der Waals surface area contributed by atoms with Crippen LogP contribution in [0, 0.1) is 4.91 Å². The van der Waals surface area contributed by atoms with Crippen molar-refractivity contribution in [2.24, 2.45) is 5.29 Å². The highest BCUT2D eigenvalue weighted by Gasteiger charge is 2.34. The molecule has 0 aromatic heterocycles. The lowest BCUT2D eigenvalue weighted by Gasteiger charge is -2.35. The van der Waals surface area contributed by atoms with Crippen molar-refractivity contribution in [3.63, 3.8) is 0 Å². The molecule has 110 valence electrons. The molecular formula is C10H18FIN4O3. The van der Waals surface area contributed by atoms with Crippen molar-refractivity contribution >= 4 is 28.9 Å². The summed E-state index contributed by atoms with van der Waals surface area (Å²) in [7, 11) is 3.56. The van der Waals surface area contributed by atoms with Crippen molar-refractivity contribution in [1.82, 2.24) is 15.2 Å². The molecule has 19 heavy (non-hydrogen) atoms. The van der Waals surface area contributed by atoms with E-state index in [0.29, 0.717) is 19.5 Å². The van der Waals surface area contributed by atoms with Gasteiger partial charge in [0.1, 0.15) is 41.3 Å². The first kappa shape index (κ1) is 16.5. The minimum Gasteiger partial charge on any atom is -0.338 e. The van der Waals surface area contributed by atoms with Gasteiger partial charge in [-0.2, -0.15) is 0 Å². The van der Waals surface area contributed by atoms with Crippen LogP contribution in [0.1, 0.15) is 6.42 Å². The molecule has 1 fully saturated rings.